The van der Waals surface area contributed by atoms with E-state index in [9.17, 15) is 9.59 Å². The summed E-state index contributed by atoms with van der Waals surface area (Å²) in [4.78, 5) is 33.4. The highest BCUT2D eigenvalue weighted by atomic mass is 16.2. The standard InChI is InChI=1S/C29H34N6O2/c1-20(2)13-18-31-29(37)28(23-14-16-30-17-15-23)35(24-11-9-22(10-12-24)21(3)4)27(36)19-34-26-8-6-5-7-25(26)32-33-34/h5-12,14-17,20-21,28H,13,18-19H2,1-4H3,(H,31,37)/t28-/m1/s1. The lowest BCUT2D eigenvalue weighted by Crippen LogP contribution is -2.45. The molecule has 0 radical (unpaired) electrons. The first-order chi connectivity index (χ1) is 17.8. The number of hydrogen-bond acceptors (Lipinski definition) is 5. The molecule has 0 spiro atoms. The highest BCUT2D eigenvalue weighted by molar-refractivity contribution is 6.01. The van der Waals surface area contributed by atoms with Crippen LogP contribution in [0.25, 0.3) is 11.0 Å². The van der Waals surface area contributed by atoms with Crippen LogP contribution in [-0.4, -0.2) is 38.3 Å². The number of fused-ring (bicyclic) bond motifs is 1. The van der Waals surface area contributed by atoms with Crippen molar-refractivity contribution in [3.05, 3.63) is 84.2 Å². The molecule has 37 heavy (non-hydrogen) atoms. The smallest absolute Gasteiger partial charge is 0.249 e. The molecule has 0 bridgehead atoms. The number of rotatable bonds is 10. The van der Waals surface area contributed by atoms with Crippen molar-refractivity contribution in [2.24, 2.45) is 5.92 Å². The van der Waals surface area contributed by atoms with Crippen molar-refractivity contribution in [1.29, 1.82) is 0 Å². The van der Waals surface area contributed by atoms with E-state index in [1.807, 2.05) is 48.5 Å². The third-order valence-corrected chi connectivity index (χ3v) is 6.36. The summed E-state index contributed by atoms with van der Waals surface area (Å²) in [6.45, 7) is 8.93. The molecule has 0 saturated heterocycles. The van der Waals surface area contributed by atoms with Gasteiger partial charge < -0.3 is 5.32 Å². The Balaban J connectivity index is 1.75. The Morgan fingerprint density at radius 2 is 1.62 bits per heavy atom. The van der Waals surface area contributed by atoms with Crippen molar-refractivity contribution < 1.29 is 9.59 Å². The van der Waals surface area contributed by atoms with E-state index in [0.29, 0.717) is 35.1 Å². The zero-order valence-electron chi connectivity index (χ0n) is 21.8. The lowest BCUT2D eigenvalue weighted by atomic mass is 10.0. The highest BCUT2D eigenvalue weighted by Gasteiger charge is 2.33. The van der Waals surface area contributed by atoms with Crippen LogP contribution in [-0.2, 0) is 16.1 Å². The molecular weight excluding hydrogens is 464 g/mol. The van der Waals surface area contributed by atoms with Gasteiger partial charge in [-0.15, -0.1) is 5.10 Å². The Morgan fingerprint density at radius 1 is 0.919 bits per heavy atom. The molecule has 1 atom stereocenters. The Bertz CT molecular complexity index is 1330. The Kier molecular flexibility index (Phi) is 8.28. The summed E-state index contributed by atoms with van der Waals surface area (Å²) < 4.78 is 1.58. The summed E-state index contributed by atoms with van der Waals surface area (Å²) >= 11 is 0. The van der Waals surface area contributed by atoms with Crippen molar-refractivity contribution in [1.82, 2.24) is 25.3 Å². The summed E-state index contributed by atoms with van der Waals surface area (Å²) in [7, 11) is 0. The summed E-state index contributed by atoms with van der Waals surface area (Å²) in [5.74, 6) is 0.280. The number of nitrogens with zero attached hydrogens (tertiary/aromatic N) is 5. The normalized spacial score (nSPS) is 12.2. The first-order valence-corrected chi connectivity index (χ1v) is 12.7. The van der Waals surface area contributed by atoms with Gasteiger partial charge in [0, 0.05) is 24.6 Å². The number of pyridine rings is 1. The molecule has 0 unspecified atom stereocenters. The lowest BCUT2D eigenvalue weighted by molar-refractivity contribution is -0.127. The van der Waals surface area contributed by atoms with E-state index >= 15 is 0 Å². The molecule has 0 fully saturated rings. The van der Waals surface area contributed by atoms with Crippen LogP contribution >= 0.6 is 0 Å². The number of nitrogens with one attached hydrogen (secondary N) is 1. The zero-order valence-corrected chi connectivity index (χ0v) is 21.8. The van der Waals surface area contributed by atoms with Crippen molar-refractivity contribution in [3.63, 3.8) is 0 Å². The van der Waals surface area contributed by atoms with Crippen LogP contribution in [0.1, 0.15) is 57.2 Å². The molecule has 0 aliphatic heterocycles. The Labute approximate surface area is 217 Å². The molecule has 2 aromatic heterocycles. The average molecular weight is 499 g/mol. The summed E-state index contributed by atoms with van der Waals surface area (Å²) in [5.41, 5.74) is 3.94. The van der Waals surface area contributed by atoms with Crippen LogP contribution in [0.2, 0.25) is 0 Å². The topological polar surface area (TPSA) is 93.0 Å². The van der Waals surface area contributed by atoms with Crippen LogP contribution in [0.4, 0.5) is 5.69 Å². The molecule has 8 nitrogen and oxygen atoms in total. The summed E-state index contributed by atoms with van der Waals surface area (Å²) in [6.07, 6.45) is 4.12. The number of carbonyl (C=O) groups is 2. The van der Waals surface area contributed by atoms with Gasteiger partial charge in [0.1, 0.15) is 18.1 Å². The molecular formula is C29H34N6O2. The molecule has 192 valence electrons. The van der Waals surface area contributed by atoms with Crippen molar-refractivity contribution in [2.45, 2.75) is 52.6 Å². The van der Waals surface area contributed by atoms with Crippen molar-refractivity contribution in [3.8, 4) is 0 Å². The minimum atomic E-state index is -0.873. The SMILES string of the molecule is CC(C)CCNC(=O)[C@@H](c1ccncc1)N(C(=O)Cn1nnc2ccccc21)c1ccc(C(C)C)cc1. The van der Waals surface area contributed by atoms with Gasteiger partial charge in [0.25, 0.3) is 0 Å². The van der Waals surface area contributed by atoms with E-state index in [0.717, 1.165) is 17.5 Å². The lowest BCUT2D eigenvalue weighted by Gasteiger charge is -2.32. The molecule has 0 aliphatic carbocycles. The summed E-state index contributed by atoms with van der Waals surface area (Å²) in [5, 5.41) is 11.4. The first kappa shape index (κ1) is 26.0. The number of anilines is 1. The second-order valence-corrected chi connectivity index (χ2v) is 9.90. The molecule has 4 rings (SSSR count). The number of para-hydroxylation sites is 1. The minimum absolute atomic E-state index is 0.0622. The van der Waals surface area contributed by atoms with Gasteiger partial charge >= 0.3 is 0 Å². The zero-order chi connectivity index (χ0) is 26.4. The van der Waals surface area contributed by atoms with Gasteiger partial charge in [-0.05, 0) is 65.8 Å². The van der Waals surface area contributed by atoms with Crippen LogP contribution in [0.5, 0.6) is 0 Å². The monoisotopic (exact) mass is 498 g/mol. The van der Waals surface area contributed by atoms with Gasteiger partial charge in [-0.3, -0.25) is 19.5 Å². The van der Waals surface area contributed by atoms with E-state index in [2.05, 4.69) is 48.3 Å². The van der Waals surface area contributed by atoms with Gasteiger partial charge in [0.05, 0.1) is 5.52 Å². The van der Waals surface area contributed by atoms with E-state index in [-0.39, 0.29) is 18.4 Å². The van der Waals surface area contributed by atoms with Gasteiger partial charge in [-0.25, -0.2) is 4.68 Å². The van der Waals surface area contributed by atoms with Gasteiger partial charge in [0.2, 0.25) is 11.8 Å². The fourth-order valence-electron chi connectivity index (χ4n) is 4.24. The number of carbonyl (C=O) groups excluding carboxylic acids is 2. The van der Waals surface area contributed by atoms with Crippen molar-refractivity contribution in [2.75, 3.05) is 11.4 Å². The average Bonchev–Trinajstić information content (AvgIpc) is 3.30. The molecule has 0 aliphatic rings. The van der Waals surface area contributed by atoms with E-state index in [4.69, 9.17) is 0 Å². The first-order valence-electron chi connectivity index (χ1n) is 12.7. The maximum absolute atomic E-state index is 14.0. The fraction of sp³-hybridized carbons (Fsp3) is 0.345. The van der Waals surface area contributed by atoms with Crippen LogP contribution in [0.3, 0.4) is 0 Å². The third kappa shape index (κ3) is 6.20. The highest BCUT2D eigenvalue weighted by Crippen LogP contribution is 2.30. The Morgan fingerprint density at radius 3 is 2.30 bits per heavy atom. The van der Waals surface area contributed by atoms with E-state index in [1.54, 1.807) is 34.1 Å². The fourth-order valence-corrected chi connectivity index (χ4v) is 4.24. The Hall–Kier alpha value is -4.07. The molecule has 2 amide bonds. The second kappa shape index (κ2) is 11.8. The molecule has 4 aromatic rings. The predicted octanol–water partition coefficient (Wildman–Crippen LogP) is 4.89. The second-order valence-electron chi connectivity index (χ2n) is 9.90. The maximum Gasteiger partial charge on any atom is 0.249 e. The number of aromatic nitrogens is 4. The predicted molar refractivity (Wildman–Crippen MR) is 145 cm³/mol. The molecule has 8 heteroatoms. The minimum Gasteiger partial charge on any atom is -0.354 e. The van der Waals surface area contributed by atoms with E-state index in [1.165, 1.54) is 0 Å². The number of benzene rings is 2. The van der Waals surface area contributed by atoms with Gasteiger partial charge in [0.15, 0.2) is 0 Å². The molecule has 2 heterocycles. The van der Waals surface area contributed by atoms with Gasteiger partial charge in [-0.2, -0.15) is 0 Å². The number of amides is 2. The quantitative estimate of drug-likeness (QED) is 0.336. The molecule has 1 N–H and O–H groups in total. The van der Waals surface area contributed by atoms with Crippen LogP contribution in [0, 0.1) is 5.92 Å². The van der Waals surface area contributed by atoms with Gasteiger partial charge in [-0.1, -0.05) is 57.2 Å². The number of hydrogen-bond donors (Lipinski definition) is 1. The van der Waals surface area contributed by atoms with E-state index < -0.39 is 6.04 Å². The largest absolute Gasteiger partial charge is 0.354 e. The van der Waals surface area contributed by atoms with Crippen LogP contribution < -0.4 is 10.2 Å². The molecule has 0 saturated carbocycles. The van der Waals surface area contributed by atoms with Crippen LogP contribution in [0.15, 0.2) is 73.1 Å². The molecule has 2 aromatic carbocycles. The van der Waals surface area contributed by atoms with Crippen molar-refractivity contribution >= 4 is 28.5 Å². The maximum atomic E-state index is 14.0. The summed E-state index contributed by atoms with van der Waals surface area (Å²) in [6, 6.07) is 18.0. The third-order valence-electron chi connectivity index (χ3n) is 6.36.